The van der Waals surface area contributed by atoms with Crippen LogP contribution in [0.3, 0.4) is 0 Å². The van der Waals surface area contributed by atoms with E-state index >= 15 is 0 Å². The van der Waals surface area contributed by atoms with Crippen molar-refractivity contribution in [2.75, 3.05) is 0 Å². The molecule has 0 radical (unpaired) electrons. The number of aryl methyl sites for hydroxylation is 1. The minimum Gasteiger partial charge on any atom is -0.404 e. The van der Waals surface area contributed by atoms with Crippen LogP contribution >= 0.6 is 0 Å². The molecule has 1 unspecified atom stereocenters. The quantitative estimate of drug-likeness (QED) is 0.446. The highest BCUT2D eigenvalue weighted by molar-refractivity contribution is 5.85. The molecule has 0 saturated carbocycles. The maximum absolute atomic E-state index is 6.35. The average molecular weight is 351 g/mol. The normalized spacial score (nSPS) is 16.3. The zero-order valence-corrected chi connectivity index (χ0v) is 15.3. The van der Waals surface area contributed by atoms with Crippen molar-refractivity contribution in [1.29, 1.82) is 0 Å². The van der Waals surface area contributed by atoms with E-state index in [4.69, 9.17) is 4.84 Å². The molecule has 132 valence electrons. The van der Waals surface area contributed by atoms with Crippen LogP contribution in [0.1, 0.15) is 28.3 Å². The topological polar surface area (TPSA) is 12.5 Å². The number of hydrogen-bond acceptors (Lipinski definition) is 2. The summed E-state index contributed by atoms with van der Waals surface area (Å²) in [6.07, 6.45) is 0. The van der Waals surface area contributed by atoms with Crippen LogP contribution in [-0.4, -0.2) is 5.06 Å². The molecule has 1 aliphatic rings. The van der Waals surface area contributed by atoms with E-state index in [-0.39, 0.29) is 6.04 Å². The number of hydrogen-bond donors (Lipinski definition) is 0. The Labute approximate surface area is 159 Å². The summed E-state index contributed by atoms with van der Waals surface area (Å²) in [5.74, 6) is 0.953. The van der Waals surface area contributed by atoms with Crippen molar-refractivity contribution >= 4 is 10.8 Å². The lowest BCUT2D eigenvalue weighted by atomic mass is 9.95. The maximum Gasteiger partial charge on any atom is 0.153 e. The van der Waals surface area contributed by atoms with Crippen LogP contribution in [0.4, 0.5) is 0 Å². The number of nitrogens with zero attached hydrogens (tertiary/aromatic N) is 1. The van der Waals surface area contributed by atoms with Crippen LogP contribution in [0.25, 0.3) is 10.8 Å². The minimum absolute atomic E-state index is 0.0899. The van der Waals surface area contributed by atoms with Crippen molar-refractivity contribution < 1.29 is 4.84 Å². The molecule has 0 fully saturated rings. The SMILES string of the molecule is Cc1ccc(CN2Oc3cc4ccccc4cc3C2c2ccccc2)cc1. The van der Waals surface area contributed by atoms with Gasteiger partial charge in [-0.1, -0.05) is 84.4 Å². The first-order valence-electron chi connectivity index (χ1n) is 9.36. The summed E-state index contributed by atoms with van der Waals surface area (Å²) in [6.45, 7) is 2.86. The predicted octanol–water partition coefficient (Wildman–Crippen LogP) is 6.05. The summed E-state index contributed by atoms with van der Waals surface area (Å²) in [5, 5.41) is 4.56. The molecule has 2 nitrogen and oxygen atoms in total. The summed E-state index contributed by atoms with van der Waals surface area (Å²) in [7, 11) is 0. The van der Waals surface area contributed by atoms with Gasteiger partial charge in [-0.25, -0.2) is 0 Å². The van der Waals surface area contributed by atoms with Crippen LogP contribution in [0.5, 0.6) is 5.75 Å². The lowest BCUT2D eigenvalue weighted by molar-refractivity contribution is -0.0682. The Kier molecular flexibility index (Phi) is 3.92. The monoisotopic (exact) mass is 351 g/mol. The summed E-state index contributed by atoms with van der Waals surface area (Å²) in [5.41, 5.74) is 5.00. The van der Waals surface area contributed by atoms with E-state index in [2.05, 4.69) is 103 Å². The standard InChI is InChI=1S/C25H21NO/c1-18-11-13-19(14-12-18)17-26-25(20-7-3-2-4-8-20)23-15-21-9-5-6-10-22(21)16-24(23)27-26/h2-16,25H,17H2,1H3. The van der Waals surface area contributed by atoms with Gasteiger partial charge in [-0.15, -0.1) is 5.06 Å². The molecule has 0 spiro atoms. The largest absolute Gasteiger partial charge is 0.404 e. The van der Waals surface area contributed by atoms with Gasteiger partial charge >= 0.3 is 0 Å². The Morgan fingerprint density at radius 1 is 0.778 bits per heavy atom. The van der Waals surface area contributed by atoms with Gasteiger partial charge < -0.3 is 4.84 Å². The van der Waals surface area contributed by atoms with Crippen molar-refractivity contribution in [3.63, 3.8) is 0 Å². The number of hydroxylamine groups is 2. The van der Waals surface area contributed by atoms with E-state index in [1.807, 2.05) is 0 Å². The van der Waals surface area contributed by atoms with Gasteiger partial charge in [0, 0.05) is 5.56 Å². The molecule has 4 aromatic carbocycles. The third-order valence-electron chi connectivity index (χ3n) is 5.25. The Morgan fingerprint density at radius 2 is 1.44 bits per heavy atom. The van der Waals surface area contributed by atoms with Gasteiger partial charge in [-0.3, -0.25) is 0 Å². The second-order valence-corrected chi connectivity index (χ2v) is 7.20. The van der Waals surface area contributed by atoms with Crippen molar-refractivity contribution in [3.05, 3.63) is 113 Å². The zero-order valence-electron chi connectivity index (χ0n) is 15.3. The second-order valence-electron chi connectivity index (χ2n) is 7.20. The van der Waals surface area contributed by atoms with Crippen molar-refractivity contribution in [2.45, 2.75) is 19.5 Å². The van der Waals surface area contributed by atoms with Gasteiger partial charge in [-0.05, 0) is 41.0 Å². The highest BCUT2D eigenvalue weighted by atomic mass is 16.7. The summed E-state index contributed by atoms with van der Waals surface area (Å²) in [6, 6.07) is 32.3. The Bertz CT molecular complexity index is 1090. The van der Waals surface area contributed by atoms with Crippen LogP contribution in [0.15, 0.2) is 91.0 Å². The lowest BCUT2D eigenvalue weighted by Gasteiger charge is -2.23. The molecule has 2 heteroatoms. The molecule has 0 aromatic heterocycles. The Hall–Kier alpha value is -3.10. The highest BCUT2D eigenvalue weighted by Crippen LogP contribution is 2.44. The third-order valence-corrected chi connectivity index (χ3v) is 5.25. The molecule has 5 rings (SSSR count). The van der Waals surface area contributed by atoms with Crippen molar-refractivity contribution in [3.8, 4) is 5.75 Å². The van der Waals surface area contributed by atoms with E-state index in [0.717, 1.165) is 12.3 Å². The second kappa shape index (κ2) is 6.57. The van der Waals surface area contributed by atoms with E-state index in [1.54, 1.807) is 0 Å². The number of fused-ring (bicyclic) bond motifs is 2. The zero-order chi connectivity index (χ0) is 18.2. The van der Waals surface area contributed by atoms with Gasteiger partial charge in [0.2, 0.25) is 0 Å². The molecule has 0 saturated heterocycles. The fraction of sp³-hybridized carbons (Fsp3) is 0.120. The van der Waals surface area contributed by atoms with Gasteiger partial charge in [0.25, 0.3) is 0 Å². The molecule has 0 amide bonds. The van der Waals surface area contributed by atoms with Gasteiger partial charge in [0.15, 0.2) is 5.75 Å². The molecule has 27 heavy (non-hydrogen) atoms. The Morgan fingerprint density at radius 3 is 2.19 bits per heavy atom. The fourth-order valence-electron chi connectivity index (χ4n) is 3.84. The van der Waals surface area contributed by atoms with Crippen LogP contribution in [0, 0.1) is 6.92 Å². The van der Waals surface area contributed by atoms with Crippen LogP contribution < -0.4 is 4.84 Å². The average Bonchev–Trinajstić information content (AvgIpc) is 3.05. The number of benzene rings is 4. The molecule has 0 N–H and O–H groups in total. The van der Waals surface area contributed by atoms with Crippen molar-refractivity contribution in [2.24, 2.45) is 0 Å². The van der Waals surface area contributed by atoms with Crippen molar-refractivity contribution in [1.82, 2.24) is 5.06 Å². The Balaban J connectivity index is 1.59. The highest BCUT2D eigenvalue weighted by Gasteiger charge is 2.34. The van der Waals surface area contributed by atoms with Crippen LogP contribution in [0.2, 0.25) is 0 Å². The molecule has 4 aromatic rings. The van der Waals surface area contributed by atoms with Gasteiger partial charge in [0.1, 0.15) is 0 Å². The molecule has 1 atom stereocenters. The summed E-state index contributed by atoms with van der Waals surface area (Å²) in [4.78, 5) is 6.35. The predicted molar refractivity (Wildman–Crippen MR) is 110 cm³/mol. The van der Waals surface area contributed by atoms with Gasteiger partial charge in [0.05, 0.1) is 12.6 Å². The van der Waals surface area contributed by atoms with E-state index in [1.165, 1.54) is 33.0 Å². The van der Waals surface area contributed by atoms with Gasteiger partial charge in [-0.2, -0.15) is 0 Å². The first-order valence-corrected chi connectivity index (χ1v) is 9.36. The lowest BCUT2D eigenvalue weighted by Crippen LogP contribution is -2.26. The summed E-state index contributed by atoms with van der Waals surface area (Å²) < 4.78 is 0. The minimum atomic E-state index is 0.0899. The molecule has 0 aliphatic carbocycles. The van der Waals surface area contributed by atoms with Crippen LogP contribution in [-0.2, 0) is 6.54 Å². The van der Waals surface area contributed by atoms with E-state index < -0.39 is 0 Å². The number of rotatable bonds is 3. The molecule has 0 bridgehead atoms. The third kappa shape index (κ3) is 2.98. The fourth-order valence-corrected chi connectivity index (χ4v) is 3.84. The maximum atomic E-state index is 6.35. The summed E-state index contributed by atoms with van der Waals surface area (Å²) >= 11 is 0. The molecule has 1 heterocycles. The molecular formula is C25H21NO. The smallest absolute Gasteiger partial charge is 0.153 e. The molecule has 1 aliphatic heterocycles. The van der Waals surface area contributed by atoms with E-state index in [9.17, 15) is 0 Å². The molecular weight excluding hydrogens is 330 g/mol. The first kappa shape index (κ1) is 16.1. The van der Waals surface area contributed by atoms with E-state index in [0.29, 0.717) is 0 Å². The first-order chi connectivity index (χ1) is 13.3.